The third-order valence-electron chi connectivity index (χ3n) is 1.84. The molecule has 0 saturated heterocycles. The Morgan fingerprint density at radius 1 is 1.29 bits per heavy atom. The van der Waals surface area contributed by atoms with E-state index in [1.807, 2.05) is 32.9 Å². The number of pyridine rings is 1. The molecule has 0 atom stereocenters. The smallest absolute Gasteiger partial charge is 0.213 e. The van der Waals surface area contributed by atoms with Crippen molar-refractivity contribution in [2.75, 3.05) is 0 Å². The number of nitrogens with zero attached hydrogens (tertiary/aromatic N) is 1. The fourth-order valence-corrected chi connectivity index (χ4v) is 1.15. The van der Waals surface area contributed by atoms with E-state index in [0.29, 0.717) is 11.8 Å². The number of rotatable bonds is 2. The van der Waals surface area contributed by atoms with Gasteiger partial charge in [0.15, 0.2) is 0 Å². The van der Waals surface area contributed by atoms with Gasteiger partial charge >= 0.3 is 0 Å². The number of aromatic nitrogens is 1. The third kappa shape index (κ3) is 3.36. The molecular weight excluding hydrogens is 174 g/mol. The molecule has 0 aliphatic carbocycles. The van der Waals surface area contributed by atoms with E-state index in [1.54, 1.807) is 6.20 Å². The number of ether oxygens (including phenoxy) is 1. The van der Waals surface area contributed by atoms with Gasteiger partial charge in [0.1, 0.15) is 5.60 Å². The lowest BCUT2D eigenvalue weighted by Crippen LogP contribution is -2.23. The Labute approximate surface area is 86.3 Å². The fraction of sp³-hybridized carbons (Fsp3) is 0.583. The molecule has 0 radical (unpaired) electrons. The van der Waals surface area contributed by atoms with Crippen LogP contribution in [0.25, 0.3) is 0 Å². The van der Waals surface area contributed by atoms with Gasteiger partial charge in [0.25, 0.3) is 0 Å². The van der Waals surface area contributed by atoms with Gasteiger partial charge in [-0.1, -0.05) is 13.8 Å². The van der Waals surface area contributed by atoms with Crippen LogP contribution in [0, 0.1) is 0 Å². The summed E-state index contributed by atoms with van der Waals surface area (Å²) in [6.07, 6.45) is 1.80. The van der Waals surface area contributed by atoms with Crippen LogP contribution in [-0.4, -0.2) is 10.6 Å². The molecule has 0 saturated carbocycles. The minimum absolute atomic E-state index is 0.178. The van der Waals surface area contributed by atoms with Gasteiger partial charge in [0.05, 0.1) is 0 Å². The highest BCUT2D eigenvalue weighted by Gasteiger charge is 2.13. The van der Waals surface area contributed by atoms with Gasteiger partial charge in [-0.25, -0.2) is 4.98 Å². The molecule has 1 aromatic heterocycles. The second-order valence-electron chi connectivity index (χ2n) is 4.80. The van der Waals surface area contributed by atoms with Gasteiger partial charge in [0, 0.05) is 12.3 Å². The summed E-state index contributed by atoms with van der Waals surface area (Å²) in [5.74, 6) is 1.23. The molecule has 14 heavy (non-hydrogen) atoms. The van der Waals surface area contributed by atoms with Crippen molar-refractivity contribution >= 4 is 0 Å². The van der Waals surface area contributed by atoms with Crippen LogP contribution in [0.4, 0.5) is 0 Å². The first-order chi connectivity index (χ1) is 6.38. The van der Waals surface area contributed by atoms with Crippen LogP contribution < -0.4 is 4.74 Å². The van der Waals surface area contributed by atoms with Crippen LogP contribution in [-0.2, 0) is 0 Å². The quantitative estimate of drug-likeness (QED) is 0.718. The zero-order valence-corrected chi connectivity index (χ0v) is 9.66. The summed E-state index contributed by atoms with van der Waals surface area (Å²) in [4.78, 5) is 4.18. The normalized spacial score (nSPS) is 11.9. The molecule has 2 heteroatoms. The summed E-state index contributed by atoms with van der Waals surface area (Å²) in [7, 11) is 0. The summed E-state index contributed by atoms with van der Waals surface area (Å²) in [6.45, 7) is 10.4. The maximum atomic E-state index is 5.68. The molecule has 78 valence electrons. The van der Waals surface area contributed by atoms with Gasteiger partial charge in [-0.15, -0.1) is 0 Å². The van der Waals surface area contributed by atoms with Gasteiger partial charge < -0.3 is 4.74 Å². The largest absolute Gasteiger partial charge is 0.472 e. The second kappa shape index (κ2) is 3.99. The van der Waals surface area contributed by atoms with Crippen LogP contribution in [0.15, 0.2) is 18.3 Å². The Morgan fingerprint density at radius 2 is 1.93 bits per heavy atom. The molecule has 0 aliphatic heterocycles. The lowest BCUT2D eigenvalue weighted by Gasteiger charge is -2.20. The molecule has 1 aromatic rings. The molecule has 0 fully saturated rings. The predicted molar refractivity (Wildman–Crippen MR) is 58.7 cm³/mol. The first-order valence-electron chi connectivity index (χ1n) is 5.03. The summed E-state index contributed by atoms with van der Waals surface area (Å²) in [6, 6.07) is 4.04. The van der Waals surface area contributed by atoms with E-state index in [0.717, 1.165) is 0 Å². The zero-order valence-electron chi connectivity index (χ0n) is 9.66. The van der Waals surface area contributed by atoms with Crippen LogP contribution in [0.3, 0.4) is 0 Å². The third-order valence-corrected chi connectivity index (χ3v) is 1.84. The van der Waals surface area contributed by atoms with Gasteiger partial charge in [0.2, 0.25) is 5.88 Å². The summed E-state index contributed by atoms with van der Waals surface area (Å²) in [5, 5.41) is 0. The highest BCUT2D eigenvalue weighted by atomic mass is 16.5. The number of hydrogen-bond acceptors (Lipinski definition) is 2. The van der Waals surface area contributed by atoms with E-state index in [4.69, 9.17) is 4.74 Å². The standard InChI is InChI=1S/C12H19NO/c1-9(2)10-6-7-13-11(8-10)14-12(3,4)5/h6-9H,1-5H3. The average Bonchev–Trinajstić information content (AvgIpc) is 2.01. The lowest BCUT2D eigenvalue weighted by atomic mass is 10.1. The summed E-state index contributed by atoms with van der Waals surface area (Å²) >= 11 is 0. The van der Waals surface area contributed by atoms with E-state index in [-0.39, 0.29) is 5.60 Å². The van der Waals surface area contributed by atoms with E-state index in [1.165, 1.54) is 5.56 Å². The monoisotopic (exact) mass is 193 g/mol. The fourth-order valence-electron chi connectivity index (χ4n) is 1.15. The SMILES string of the molecule is CC(C)c1ccnc(OC(C)(C)C)c1. The Bertz CT molecular complexity index is 299. The van der Waals surface area contributed by atoms with Crippen LogP contribution in [0.1, 0.15) is 46.1 Å². The van der Waals surface area contributed by atoms with Crippen molar-refractivity contribution in [1.82, 2.24) is 4.98 Å². The molecular formula is C12H19NO. The highest BCUT2D eigenvalue weighted by molar-refractivity contribution is 5.23. The summed E-state index contributed by atoms with van der Waals surface area (Å²) in [5.41, 5.74) is 1.09. The van der Waals surface area contributed by atoms with Crippen molar-refractivity contribution in [2.45, 2.75) is 46.1 Å². The molecule has 1 rings (SSSR count). The van der Waals surface area contributed by atoms with E-state index in [2.05, 4.69) is 18.8 Å². The molecule has 0 aromatic carbocycles. The predicted octanol–water partition coefficient (Wildman–Crippen LogP) is 3.38. The van der Waals surface area contributed by atoms with Crippen molar-refractivity contribution in [3.63, 3.8) is 0 Å². The molecule has 1 heterocycles. The lowest BCUT2D eigenvalue weighted by molar-refractivity contribution is 0.124. The van der Waals surface area contributed by atoms with Crippen molar-refractivity contribution in [3.05, 3.63) is 23.9 Å². The van der Waals surface area contributed by atoms with E-state index in [9.17, 15) is 0 Å². The van der Waals surface area contributed by atoms with Crippen molar-refractivity contribution < 1.29 is 4.74 Å². The van der Waals surface area contributed by atoms with Crippen LogP contribution in [0.2, 0.25) is 0 Å². The van der Waals surface area contributed by atoms with Crippen molar-refractivity contribution in [3.8, 4) is 5.88 Å². The molecule has 0 amide bonds. The molecule has 0 aliphatic rings. The van der Waals surface area contributed by atoms with Gasteiger partial charge in [-0.2, -0.15) is 0 Å². The van der Waals surface area contributed by atoms with Crippen LogP contribution >= 0.6 is 0 Å². The van der Waals surface area contributed by atoms with Gasteiger partial charge in [-0.05, 0) is 38.3 Å². The first-order valence-corrected chi connectivity index (χ1v) is 5.03. The van der Waals surface area contributed by atoms with Crippen molar-refractivity contribution in [1.29, 1.82) is 0 Å². The summed E-state index contributed by atoms with van der Waals surface area (Å²) < 4.78 is 5.68. The minimum Gasteiger partial charge on any atom is -0.472 e. The second-order valence-corrected chi connectivity index (χ2v) is 4.80. The molecule has 0 bridgehead atoms. The maximum absolute atomic E-state index is 5.68. The average molecular weight is 193 g/mol. The Kier molecular flexibility index (Phi) is 3.14. The Balaban J connectivity index is 2.84. The molecule has 0 spiro atoms. The topological polar surface area (TPSA) is 22.1 Å². The number of hydrogen-bond donors (Lipinski definition) is 0. The molecule has 0 N–H and O–H groups in total. The van der Waals surface area contributed by atoms with Gasteiger partial charge in [-0.3, -0.25) is 0 Å². The van der Waals surface area contributed by atoms with E-state index < -0.39 is 0 Å². The van der Waals surface area contributed by atoms with E-state index >= 15 is 0 Å². The maximum Gasteiger partial charge on any atom is 0.213 e. The highest BCUT2D eigenvalue weighted by Crippen LogP contribution is 2.20. The minimum atomic E-state index is -0.178. The zero-order chi connectivity index (χ0) is 10.8. The first kappa shape index (κ1) is 11.0. The van der Waals surface area contributed by atoms with Crippen LogP contribution in [0.5, 0.6) is 5.88 Å². The van der Waals surface area contributed by atoms with Crippen molar-refractivity contribution in [2.24, 2.45) is 0 Å². The molecule has 2 nitrogen and oxygen atoms in total. The molecule has 0 unspecified atom stereocenters. The Hall–Kier alpha value is -1.05. The Morgan fingerprint density at radius 3 is 2.43 bits per heavy atom.